The summed E-state index contributed by atoms with van der Waals surface area (Å²) in [6.07, 6.45) is 15.8. The molecule has 0 nitrogen and oxygen atoms in total. The molecule has 0 heterocycles. The summed E-state index contributed by atoms with van der Waals surface area (Å²) >= 11 is 2.43. The molecule has 0 aromatic heterocycles. The van der Waals surface area contributed by atoms with Crippen LogP contribution in [0.2, 0.25) is 13.1 Å². The monoisotopic (exact) mass is 325 g/mol. The Morgan fingerprint density at radius 3 is 2.00 bits per heavy atom. The van der Waals surface area contributed by atoms with Gasteiger partial charge in [0.25, 0.3) is 0 Å². The van der Waals surface area contributed by atoms with Gasteiger partial charge in [0.1, 0.15) is 0 Å². The number of allylic oxidation sites excluding steroid dienone is 8. The summed E-state index contributed by atoms with van der Waals surface area (Å²) < 4.78 is 0.0564. The van der Waals surface area contributed by atoms with Crippen LogP contribution in [0.15, 0.2) is 71.9 Å². The van der Waals surface area contributed by atoms with Gasteiger partial charge in [0.05, 0.1) is 0 Å². The Labute approximate surface area is 141 Å². The first-order chi connectivity index (χ1) is 10.1. The van der Waals surface area contributed by atoms with Crippen LogP contribution >= 0.6 is 0 Å². The van der Waals surface area contributed by atoms with Gasteiger partial charge < -0.3 is 0 Å². The van der Waals surface area contributed by atoms with Gasteiger partial charge in [-0.05, 0) is 0 Å². The van der Waals surface area contributed by atoms with Crippen LogP contribution in [0.5, 0.6) is 0 Å². The molecule has 105 valence electrons. The second-order valence-corrected chi connectivity index (χ2v) is 10.2. The van der Waals surface area contributed by atoms with Gasteiger partial charge in [-0.25, -0.2) is 0 Å². The summed E-state index contributed by atoms with van der Waals surface area (Å²) in [5, 5.41) is 1.61. The van der Waals surface area contributed by atoms with Crippen LogP contribution in [0.3, 0.4) is 0 Å². The minimum absolute atomic E-state index is 0.0564. The van der Waals surface area contributed by atoms with Crippen LogP contribution in [0.1, 0.15) is 18.4 Å². The summed E-state index contributed by atoms with van der Waals surface area (Å²) in [5.41, 5.74) is 4.62. The quantitative estimate of drug-likeness (QED) is 0.737. The van der Waals surface area contributed by atoms with Gasteiger partial charge in [-0.15, -0.1) is 0 Å². The molecule has 0 unspecified atom stereocenters. The van der Waals surface area contributed by atoms with Crippen molar-refractivity contribution < 1.29 is 20.4 Å². The van der Waals surface area contributed by atoms with E-state index in [9.17, 15) is 0 Å². The normalized spacial score (nSPS) is 17.4. The summed E-state index contributed by atoms with van der Waals surface area (Å²) in [7, 11) is -0.849. The first kappa shape index (κ1) is 15.0. The fraction of sp³-hybridized carbons (Fsp3) is 0.263. The molecule has 0 amide bonds. The van der Waals surface area contributed by atoms with E-state index in [0.717, 1.165) is 12.8 Å². The van der Waals surface area contributed by atoms with Crippen molar-refractivity contribution >= 4 is 14.0 Å². The predicted octanol–water partition coefficient (Wildman–Crippen LogP) is 3.90. The summed E-state index contributed by atoms with van der Waals surface area (Å²) in [4.78, 5) is 0. The van der Waals surface area contributed by atoms with Crippen LogP contribution < -0.4 is 5.19 Å². The second kappa shape index (κ2) is 6.08. The molecule has 0 radical (unpaired) electrons. The average Bonchev–Trinajstić information content (AvgIpc) is 3.19. The Kier molecular flexibility index (Phi) is 4.35. The van der Waals surface area contributed by atoms with Gasteiger partial charge in [-0.2, -0.15) is 0 Å². The fourth-order valence-corrected chi connectivity index (χ4v) is 5.94. The molecule has 0 bridgehead atoms. The zero-order valence-corrected chi connectivity index (χ0v) is 15.5. The molecule has 3 rings (SSSR count). The fourth-order valence-electron chi connectivity index (χ4n) is 3.34. The van der Waals surface area contributed by atoms with Gasteiger partial charge in [-0.1, -0.05) is 0 Å². The van der Waals surface area contributed by atoms with Crippen LogP contribution in [-0.2, 0) is 24.2 Å². The van der Waals surface area contributed by atoms with Crippen molar-refractivity contribution in [2.24, 2.45) is 0 Å². The van der Waals surface area contributed by atoms with E-state index >= 15 is 0 Å². The first-order valence-corrected chi connectivity index (χ1v) is 11.4. The van der Waals surface area contributed by atoms with E-state index in [1.165, 1.54) is 5.56 Å². The molecular weight excluding hydrogens is 304 g/mol. The number of hydrogen-bond donors (Lipinski definition) is 0. The maximum absolute atomic E-state index is 2.43. The van der Waals surface area contributed by atoms with Gasteiger partial charge >= 0.3 is 142 Å². The van der Waals surface area contributed by atoms with Crippen molar-refractivity contribution in [2.45, 2.75) is 29.7 Å². The SMILES string of the molecule is C[SiH](C)c1ccccc1[C]([Ti])(C1=CC=CC1)C1=CC=CC1. The van der Waals surface area contributed by atoms with Crippen molar-refractivity contribution in [3.8, 4) is 0 Å². The standard InChI is InChI=1S/C19H21Si.Ti/c1-20(2)18-14-8-7-13-17(18)19(15-9-3-4-10-15)16-11-5-6-12-16;/h3-9,11,13-14,20H,10,12H2,1-2H3;. The average molecular weight is 325 g/mol. The molecule has 0 aliphatic heterocycles. The van der Waals surface area contributed by atoms with Crippen LogP contribution in [-0.4, -0.2) is 8.80 Å². The Morgan fingerprint density at radius 1 is 0.952 bits per heavy atom. The molecule has 1 aromatic rings. The summed E-state index contributed by atoms with van der Waals surface area (Å²) in [6.45, 7) is 4.86. The zero-order valence-electron chi connectivity index (χ0n) is 12.8. The molecule has 21 heavy (non-hydrogen) atoms. The second-order valence-electron chi connectivity index (χ2n) is 6.14. The molecule has 0 N–H and O–H groups in total. The zero-order chi connectivity index (χ0) is 14.9. The molecule has 0 spiro atoms. The van der Waals surface area contributed by atoms with E-state index in [1.807, 2.05) is 0 Å². The Bertz CT molecular complexity index is 632. The third kappa shape index (κ3) is 2.63. The maximum atomic E-state index is 2.43. The molecule has 2 heteroatoms. The van der Waals surface area contributed by atoms with Crippen LogP contribution in [0.4, 0.5) is 0 Å². The van der Waals surface area contributed by atoms with Crippen molar-refractivity contribution in [3.63, 3.8) is 0 Å². The van der Waals surface area contributed by atoms with Gasteiger partial charge in [0.15, 0.2) is 0 Å². The van der Waals surface area contributed by atoms with Gasteiger partial charge in [0, 0.05) is 0 Å². The molecule has 0 saturated carbocycles. The van der Waals surface area contributed by atoms with E-state index in [1.54, 1.807) is 16.3 Å². The predicted molar refractivity (Wildman–Crippen MR) is 90.3 cm³/mol. The van der Waals surface area contributed by atoms with Crippen molar-refractivity contribution in [1.29, 1.82) is 0 Å². The first-order valence-electron chi connectivity index (χ1n) is 7.71. The summed E-state index contributed by atoms with van der Waals surface area (Å²) in [6, 6.07) is 9.13. The van der Waals surface area contributed by atoms with Crippen molar-refractivity contribution in [1.82, 2.24) is 0 Å². The number of hydrogen-bond acceptors (Lipinski definition) is 0. The topological polar surface area (TPSA) is 0 Å². The van der Waals surface area contributed by atoms with E-state index < -0.39 is 8.80 Å². The molecular formula is C19H21SiTi. The number of rotatable bonds is 4. The van der Waals surface area contributed by atoms with E-state index in [-0.39, 0.29) is 3.72 Å². The molecule has 0 saturated heterocycles. The van der Waals surface area contributed by atoms with Crippen molar-refractivity contribution in [2.75, 3.05) is 0 Å². The van der Waals surface area contributed by atoms with Crippen LogP contribution in [0.25, 0.3) is 0 Å². The van der Waals surface area contributed by atoms with E-state index in [2.05, 4.69) is 94.3 Å². The summed E-state index contributed by atoms with van der Waals surface area (Å²) in [5.74, 6) is 0. The van der Waals surface area contributed by atoms with Gasteiger partial charge in [0.2, 0.25) is 0 Å². The molecule has 1 aromatic carbocycles. The van der Waals surface area contributed by atoms with Crippen LogP contribution in [0, 0.1) is 0 Å². The third-order valence-corrected chi connectivity index (χ3v) is 7.66. The Balaban J connectivity index is 2.17. The Morgan fingerprint density at radius 2 is 1.52 bits per heavy atom. The Hall–Kier alpha value is -0.889. The number of benzene rings is 1. The molecule has 2 aliphatic rings. The molecule has 2 aliphatic carbocycles. The molecule has 0 fully saturated rings. The van der Waals surface area contributed by atoms with Crippen molar-refractivity contribution in [3.05, 3.63) is 77.4 Å². The van der Waals surface area contributed by atoms with E-state index in [0.29, 0.717) is 0 Å². The molecule has 0 atom stereocenters. The minimum atomic E-state index is -0.849. The van der Waals surface area contributed by atoms with E-state index in [4.69, 9.17) is 0 Å². The van der Waals surface area contributed by atoms with Gasteiger partial charge in [-0.3, -0.25) is 0 Å². The third-order valence-electron chi connectivity index (χ3n) is 4.49.